The molecule has 1 aliphatic heterocycles. The highest BCUT2D eigenvalue weighted by Crippen LogP contribution is 2.26. The Morgan fingerprint density at radius 1 is 1.11 bits per heavy atom. The van der Waals surface area contributed by atoms with Gasteiger partial charge >= 0.3 is 0 Å². The van der Waals surface area contributed by atoms with Gasteiger partial charge in [-0.25, -0.2) is 0 Å². The first-order valence-electron chi connectivity index (χ1n) is 13.0. The van der Waals surface area contributed by atoms with Crippen LogP contribution in [0.1, 0.15) is 60.0 Å². The summed E-state index contributed by atoms with van der Waals surface area (Å²) in [6.45, 7) is 3.99. The topological polar surface area (TPSA) is 92.7 Å². The van der Waals surface area contributed by atoms with Crippen molar-refractivity contribution in [3.8, 4) is 5.75 Å². The van der Waals surface area contributed by atoms with Crippen molar-refractivity contribution < 1.29 is 19.4 Å². The first-order chi connectivity index (χ1) is 17.6. The van der Waals surface area contributed by atoms with E-state index in [0.29, 0.717) is 18.7 Å². The molecule has 0 bridgehead atoms. The number of pyridine rings is 1. The third-order valence-electron chi connectivity index (χ3n) is 7.29. The number of aliphatic hydroxyl groups excluding tert-OH is 1. The number of hydrogen-bond donors (Lipinski definition) is 3. The second-order valence-electron chi connectivity index (χ2n) is 9.92. The molecular weight excluding hydrogens is 454 g/mol. The SMILES string of the molecule is Cc1c(NC(=O)c2ccc(OC[C@@H]3CCCO3)cc2)ccc2cc(CN[C@H]3CCCCC3O)cnc12. The molecule has 1 aliphatic carbocycles. The number of anilines is 1. The standard InChI is InChI=1S/C29H35N3O4/c1-19-25(32-29(34)21-8-11-23(12-9-21)36-18-24-5-4-14-35-24)13-10-22-15-20(17-31-28(19)22)16-30-26-6-2-3-7-27(26)33/h8-13,15,17,24,26-27,30,33H,2-7,14,16,18H2,1H3,(H,32,34)/t24-,26-,27?/m0/s1. The van der Waals surface area contributed by atoms with E-state index in [1.165, 1.54) is 0 Å². The van der Waals surface area contributed by atoms with Crippen LogP contribution in [0.4, 0.5) is 5.69 Å². The molecule has 190 valence electrons. The minimum atomic E-state index is -0.268. The summed E-state index contributed by atoms with van der Waals surface area (Å²) in [4.78, 5) is 17.6. The maximum atomic E-state index is 12.9. The Hall–Kier alpha value is -3.00. The quantitative estimate of drug-likeness (QED) is 0.423. The van der Waals surface area contributed by atoms with Gasteiger partial charge in [-0.2, -0.15) is 0 Å². The lowest BCUT2D eigenvalue weighted by molar-refractivity contribution is 0.0679. The maximum Gasteiger partial charge on any atom is 0.255 e. The molecule has 7 nitrogen and oxygen atoms in total. The monoisotopic (exact) mass is 489 g/mol. The molecule has 2 aliphatic rings. The molecule has 5 rings (SSSR count). The Morgan fingerprint density at radius 2 is 1.94 bits per heavy atom. The molecule has 1 unspecified atom stereocenters. The zero-order chi connectivity index (χ0) is 24.9. The van der Waals surface area contributed by atoms with Gasteiger partial charge in [-0.1, -0.05) is 18.9 Å². The van der Waals surface area contributed by atoms with Gasteiger partial charge in [0.15, 0.2) is 0 Å². The summed E-state index contributed by atoms with van der Waals surface area (Å²) in [5.74, 6) is 0.561. The number of aryl methyl sites for hydroxylation is 1. The number of carbonyl (C=O) groups excluding carboxylic acids is 1. The van der Waals surface area contributed by atoms with E-state index in [2.05, 4.69) is 21.7 Å². The molecule has 2 heterocycles. The molecule has 0 spiro atoms. The molecule has 2 fully saturated rings. The number of aliphatic hydroxyl groups is 1. The lowest BCUT2D eigenvalue weighted by Crippen LogP contribution is -2.41. The number of amides is 1. The van der Waals surface area contributed by atoms with Gasteiger partial charge in [-0.3, -0.25) is 9.78 Å². The average molecular weight is 490 g/mol. The summed E-state index contributed by atoms with van der Waals surface area (Å²) >= 11 is 0. The van der Waals surface area contributed by atoms with E-state index in [-0.39, 0.29) is 24.2 Å². The van der Waals surface area contributed by atoms with Crippen molar-refractivity contribution >= 4 is 22.5 Å². The molecule has 1 aromatic heterocycles. The van der Waals surface area contributed by atoms with Gasteiger partial charge in [0, 0.05) is 42.0 Å². The summed E-state index contributed by atoms with van der Waals surface area (Å²) in [7, 11) is 0. The maximum absolute atomic E-state index is 12.9. The molecule has 36 heavy (non-hydrogen) atoms. The zero-order valence-electron chi connectivity index (χ0n) is 20.8. The summed E-state index contributed by atoms with van der Waals surface area (Å²) < 4.78 is 11.4. The molecule has 1 saturated heterocycles. The number of aromatic nitrogens is 1. The second kappa shape index (κ2) is 11.4. The van der Waals surface area contributed by atoms with Crippen molar-refractivity contribution in [2.75, 3.05) is 18.5 Å². The van der Waals surface area contributed by atoms with E-state index >= 15 is 0 Å². The third kappa shape index (κ3) is 5.86. The summed E-state index contributed by atoms with van der Waals surface area (Å²) in [6, 6.07) is 13.4. The Balaban J connectivity index is 1.20. The number of ether oxygens (including phenoxy) is 2. The van der Waals surface area contributed by atoms with Crippen molar-refractivity contribution in [2.45, 2.75) is 70.2 Å². The number of benzene rings is 2. The average Bonchev–Trinajstić information content (AvgIpc) is 3.43. The van der Waals surface area contributed by atoms with Crippen LogP contribution in [0.3, 0.4) is 0 Å². The van der Waals surface area contributed by atoms with E-state index < -0.39 is 0 Å². The van der Waals surface area contributed by atoms with Gasteiger partial charge < -0.3 is 25.2 Å². The van der Waals surface area contributed by atoms with Crippen molar-refractivity contribution in [1.29, 1.82) is 0 Å². The predicted octanol–water partition coefficient (Wildman–Crippen LogP) is 4.75. The fraction of sp³-hybridized carbons (Fsp3) is 0.448. The second-order valence-corrected chi connectivity index (χ2v) is 9.92. The van der Waals surface area contributed by atoms with Gasteiger partial charge in [-0.15, -0.1) is 0 Å². The largest absolute Gasteiger partial charge is 0.491 e. The Kier molecular flexibility index (Phi) is 7.80. The van der Waals surface area contributed by atoms with Crippen molar-refractivity contribution in [3.05, 3.63) is 65.4 Å². The normalized spacial score (nSPS) is 22.0. The molecule has 3 N–H and O–H groups in total. The van der Waals surface area contributed by atoms with E-state index in [4.69, 9.17) is 9.47 Å². The fourth-order valence-electron chi connectivity index (χ4n) is 5.09. The number of nitrogens with zero attached hydrogens (tertiary/aromatic N) is 1. The van der Waals surface area contributed by atoms with E-state index in [9.17, 15) is 9.90 Å². The molecule has 0 radical (unpaired) electrons. The van der Waals surface area contributed by atoms with Crippen molar-refractivity contribution in [3.63, 3.8) is 0 Å². The Morgan fingerprint density at radius 3 is 2.72 bits per heavy atom. The molecule has 3 aromatic rings. The summed E-state index contributed by atoms with van der Waals surface area (Å²) in [5, 5.41) is 17.7. The lowest BCUT2D eigenvalue weighted by Gasteiger charge is -2.28. The Labute approximate surface area is 212 Å². The number of nitrogens with one attached hydrogen (secondary N) is 2. The molecule has 2 aromatic carbocycles. The molecule has 7 heteroatoms. The molecule has 1 saturated carbocycles. The van der Waals surface area contributed by atoms with Crippen LogP contribution < -0.4 is 15.4 Å². The predicted molar refractivity (Wildman–Crippen MR) is 140 cm³/mol. The minimum absolute atomic E-state index is 0.149. The van der Waals surface area contributed by atoms with Crippen LogP contribution >= 0.6 is 0 Å². The van der Waals surface area contributed by atoms with Crippen LogP contribution in [0.25, 0.3) is 10.9 Å². The highest BCUT2D eigenvalue weighted by Gasteiger charge is 2.22. The third-order valence-corrected chi connectivity index (χ3v) is 7.29. The molecular formula is C29H35N3O4. The number of fused-ring (bicyclic) bond motifs is 1. The van der Waals surface area contributed by atoms with Gasteiger partial charge in [0.05, 0.1) is 17.7 Å². The molecule has 3 atom stereocenters. The number of carbonyl (C=O) groups is 1. The van der Waals surface area contributed by atoms with Gasteiger partial charge in [0.25, 0.3) is 5.91 Å². The number of hydrogen-bond acceptors (Lipinski definition) is 6. The van der Waals surface area contributed by atoms with Crippen LogP contribution in [-0.4, -0.2) is 47.5 Å². The van der Waals surface area contributed by atoms with E-state index in [1.807, 2.05) is 37.4 Å². The van der Waals surface area contributed by atoms with Crippen LogP contribution in [0, 0.1) is 6.92 Å². The lowest BCUT2D eigenvalue weighted by atomic mass is 9.92. The van der Waals surface area contributed by atoms with Gasteiger partial charge in [0.1, 0.15) is 12.4 Å². The van der Waals surface area contributed by atoms with Crippen molar-refractivity contribution in [2.24, 2.45) is 0 Å². The summed E-state index contributed by atoms with van der Waals surface area (Å²) in [5.41, 5.74) is 4.19. The minimum Gasteiger partial charge on any atom is -0.491 e. The van der Waals surface area contributed by atoms with Gasteiger partial charge in [0.2, 0.25) is 0 Å². The highest BCUT2D eigenvalue weighted by molar-refractivity contribution is 6.06. The number of rotatable bonds is 8. The first-order valence-corrected chi connectivity index (χ1v) is 13.0. The van der Waals surface area contributed by atoms with E-state index in [1.54, 1.807) is 12.1 Å². The smallest absolute Gasteiger partial charge is 0.255 e. The highest BCUT2D eigenvalue weighted by atomic mass is 16.5. The summed E-state index contributed by atoms with van der Waals surface area (Å²) in [6.07, 6.45) is 8.02. The van der Waals surface area contributed by atoms with Crippen LogP contribution in [-0.2, 0) is 11.3 Å². The van der Waals surface area contributed by atoms with E-state index in [0.717, 1.165) is 78.6 Å². The Bertz CT molecular complexity index is 1190. The molecule has 1 amide bonds. The van der Waals surface area contributed by atoms with Gasteiger partial charge in [-0.05, 0) is 80.1 Å². The van der Waals surface area contributed by atoms with Crippen LogP contribution in [0.2, 0.25) is 0 Å². The first kappa shape index (κ1) is 24.7. The van der Waals surface area contributed by atoms with Crippen molar-refractivity contribution in [1.82, 2.24) is 10.3 Å². The fourth-order valence-corrected chi connectivity index (χ4v) is 5.09. The van der Waals surface area contributed by atoms with Crippen LogP contribution in [0.5, 0.6) is 5.75 Å². The zero-order valence-corrected chi connectivity index (χ0v) is 20.8. The van der Waals surface area contributed by atoms with Crippen LogP contribution in [0.15, 0.2) is 48.7 Å².